The van der Waals surface area contributed by atoms with Gasteiger partial charge in [-0.3, -0.25) is 4.79 Å². The van der Waals surface area contributed by atoms with E-state index < -0.39 is 34.0 Å². The van der Waals surface area contributed by atoms with Gasteiger partial charge in [0.1, 0.15) is 6.04 Å². The summed E-state index contributed by atoms with van der Waals surface area (Å²) in [5, 5.41) is 9.20. The van der Waals surface area contributed by atoms with Gasteiger partial charge in [-0.15, -0.1) is 0 Å². The molecule has 0 aromatic heterocycles. The molecule has 0 spiro atoms. The average molecular weight is 398 g/mol. The van der Waals surface area contributed by atoms with Crippen molar-refractivity contribution in [3.8, 4) is 11.5 Å². The number of carbonyl (C=O) groups excluding carboxylic acids is 1. The molecule has 2 unspecified atom stereocenters. The largest absolute Gasteiger partial charge is 0.490 e. The molecule has 1 amide bonds. The highest BCUT2D eigenvalue weighted by Gasteiger charge is 2.37. The average Bonchev–Trinajstić information content (AvgIpc) is 2.99. The lowest BCUT2D eigenvalue weighted by Crippen LogP contribution is -2.50. The van der Waals surface area contributed by atoms with E-state index in [1.165, 1.54) is 30.0 Å². The molecule has 1 aromatic carbocycles. The van der Waals surface area contributed by atoms with E-state index in [0.29, 0.717) is 50.5 Å². The molecule has 1 aromatic rings. The Kier molecular flexibility index (Phi) is 5.56. The maximum Gasteiger partial charge on any atom is 0.326 e. The molecule has 2 heterocycles. The molecule has 1 fully saturated rings. The predicted octanol–water partition coefficient (Wildman–Crippen LogP) is 0.590. The Labute approximate surface area is 157 Å². The third kappa shape index (κ3) is 4.16. The summed E-state index contributed by atoms with van der Waals surface area (Å²) in [6, 6.07) is 2.25. The highest BCUT2D eigenvalue weighted by atomic mass is 32.2. The zero-order valence-electron chi connectivity index (χ0n) is 14.9. The van der Waals surface area contributed by atoms with Crippen molar-refractivity contribution in [1.82, 2.24) is 9.62 Å². The molecule has 3 rings (SSSR count). The van der Waals surface area contributed by atoms with Crippen LogP contribution in [0, 0.1) is 0 Å². The highest BCUT2D eigenvalue weighted by Crippen LogP contribution is 2.32. The molecule has 2 N–H and O–H groups in total. The van der Waals surface area contributed by atoms with Crippen LogP contribution in [0.25, 0.3) is 0 Å². The summed E-state index contributed by atoms with van der Waals surface area (Å²) in [6.45, 7) is 2.61. The van der Waals surface area contributed by atoms with E-state index in [0.717, 1.165) is 0 Å². The Morgan fingerprint density at radius 1 is 1.22 bits per heavy atom. The molecule has 1 saturated heterocycles. The van der Waals surface area contributed by atoms with Gasteiger partial charge in [0.2, 0.25) is 15.9 Å². The van der Waals surface area contributed by atoms with E-state index in [1.807, 2.05) is 0 Å². The topological polar surface area (TPSA) is 122 Å². The van der Waals surface area contributed by atoms with Crippen molar-refractivity contribution in [3.63, 3.8) is 0 Å². The number of carboxylic acids is 1. The molecule has 0 bridgehead atoms. The van der Waals surface area contributed by atoms with Crippen molar-refractivity contribution in [1.29, 1.82) is 0 Å². The fourth-order valence-corrected chi connectivity index (χ4v) is 4.41. The second kappa shape index (κ2) is 7.73. The standard InChI is InChI=1S/C17H22N2O7S/c1-11(16(20)19-7-2-4-13(19)17(21)22)18-27(23,24)12-5-6-14-15(10-12)26-9-3-8-25-14/h5-6,10-11,13,18H,2-4,7-9H2,1H3,(H,21,22). The monoisotopic (exact) mass is 398 g/mol. The summed E-state index contributed by atoms with van der Waals surface area (Å²) in [4.78, 5) is 24.9. The summed E-state index contributed by atoms with van der Waals surface area (Å²) in [5.74, 6) is -0.839. The van der Waals surface area contributed by atoms with E-state index >= 15 is 0 Å². The maximum atomic E-state index is 12.7. The molecular weight excluding hydrogens is 376 g/mol. The van der Waals surface area contributed by atoms with Crippen LogP contribution >= 0.6 is 0 Å². The second-order valence-corrected chi connectivity index (χ2v) is 8.24. The number of likely N-dealkylation sites (tertiary alicyclic amines) is 1. The lowest BCUT2D eigenvalue weighted by molar-refractivity contribution is -0.148. The number of nitrogens with zero attached hydrogens (tertiary/aromatic N) is 1. The second-order valence-electron chi connectivity index (χ2n) is 6.53. The van der Waals surface area contributed by atoms with Gasteiger partial charge in [-0.05, 0) is 31.9 Å². The van der Waals surface area contributed by atoms with E-state index in [9.17, 15) is 23.1 Å². The molecule has 0 radical (unpaired) electrons. The van der Waals surface area contributed by atoms with Crippen LogP contribution in [0.2, 0.25) is 0 Å². The third-order valence-corrected chi connectivity index (χ3v) is 6.09. The summed E-state index contributed by atoms with van der Waals surface area (Å²) >= 11 is 0. The van der Waals surface area contributed by atoms with Gasteiger partial charge in [-0.1, -0.05) is 0 Å². The first-order valence-corrected chi connectivity index (χ1v) is 10.2. The summed E-state index contributed by atoms with van der Waals surface area (Å²) in [7, 11) is -4.00. The first-order valence-electron chi connectivity index (χ1n) is 8.75. The first-order chi connectivity index (χ1) is 12.8. The molecule has 2 atom stereocenters. The lowest BCUT2D eigenvalue weighted by Gasteiger charge is -2.25. The number of carbonyl (C=O) groups is 2. The van der Waals surface area contributed by atoms with E-state index in [1.54, 1.807) is 0 Å². The van der Waals surface area contributed by atoms with E-state index in [4.69, 9.17) is 9.47 Å². The van der Waals surface area contributed by atoms with Gasteiger partial charge in [0.05, 0.1) is 24.2 Å². The minimum absolute atomic E-state index is 0.0531. The maximum absolute atomic E-state index is 12.7. The number of nitrogens with one attached hydrogen (secondary N) is 1. The summed E-state index contributed by atoms with van der Waals surface area (Å²) in [5.41, 5.74) is 0. The molecule has 9 nitrogen and oxygen atoms in total. The van der Waals surface area contributed by atoms with Crippen molar-refractivity contribution in [2.24, 2.45) is 0 Å². The number of benzene rings is 1. The summed E-state index contributed by atoms with van der Waals surface area (Å²) in [6.07, 6.45) is 1.63. The molecule has 10 heteroatoms. The van der Waals surface area contributed by atoms with Crippen LogP contribution in [0.1, 0.15) is 26.2 Å². The first kappa shape index (κ1) is 19.4. The molecule has 0 saturated carbocycles. The van der Waals surface area contributed by atoms with Crippen LogP contribution in [0.3, 0.4) is 0 Å². The van der Waals surface area contributed by atoms with Gasteiger partial charge < -0.3 is 19.5 Å². The van der Waals surface area contributed by atoms with Crippen LogP contribution in [-0.4, -0.2) is 62.1 Å². The number of amides is 1. The van der Waals surface area contributed by atoms with Crippen LogP contribution < -0.4 is 14.2 Å². The van der Waals surface area contributed by atoms with Crippen molar-refractivity contribution < 1.29 is 32.6 Å². The number of rotatable bonds is 5. The Hall–Kier alpha value is -2.33. The quantitative estimate of drug-likeness (QED) is 0.744. The molecule has 2 aliphatic heterocycles. The third-order valence-electron chi connectivity index (χ3n) is 4.55. The van der Waals surface area contributed by atoms with Crippen LogP contribution in [0.5, 0.6) is 11.5 Å². The number of sulfonamides is 1. The minimum Gasteiger partial charge on any atom is -0.490 e. The zero-order chi connectivity index (χ0) is 19.6. The Bertz CT molecular complexity index is 840. The Morgan fingerprint density at radius 3 is 2.63 bits per heavy atom. The van der Waals surface area contributed by atoms with E-state index in [-0.39, 0.29) is 4.90 Å². The van der Waals surface area contributed by atoms with Gasteiger partial charge in [0.25, 0.3) is 0 Å². The Morgan fingerprint density at radius 2 is 1.93 bits per heavy atom. The van der Waals surface area contributed by atoms with Gasteiger partial charge in [-0.25, -0.2) is 13.2 Å². The van der Waals surface area contributed by atoms with E-state index in [2.05, 4.69) is 4.72 Å². The van der Waals surface area contributed by atoms with Crippen LogP contribution in [0.4, 0.5) is 0 Å². The smallest absolute Gasteiger partial charge is 0.326 e. The van der Waals surface area contributed by atoms with Crippen LogP contribution in [-0.2, 0) is 19.6 Å². The van der Waals surface area contributed by atoms with Gasteiger partial charge in [0, 0.05) is 19.0 Å². The number of hydrogen-bond donors (Lipinski definition) is 2. The summed E-state index contributed by atoms with van der Waals surface area (Å²) < 4.78 is 38.6. The molecule has 0 aliphatic carbocycles. The fraction of sp³-hybridized carbons (Fsp3) is 0.529. The number of aliphatic carboxylic acids is 1. The minimum atomic E-state index is -4.00. The van der Waals surface area contributed by atoms with Crippen LogP contribution in [0.15, 0.2) is 23.1 Å². The molecular formula is C17H22N2O7S. The van der Waals surface area contributed by atoms with Crippen molar-refractivity contribution in [3.05, 3.63) is 18.2 Å². The predicted molar refractivity (Wildman–Crippen MR) is 94.2 cm³/mol. The number of carboxylic acid groups (broad SMARTS) is 1. The van der Waals surface area contributed by atoms with Crippen molar-refractivity contribution in [2.45, 2.75) is 43.2 Å². The fourth-order valence-electron chi connectivity index (χ4n) is 3.20. The molecule has 148 valence electrons. The lowest BCUT2D eigenvalue weighted by atomic mass is 10.2. The van der Waals surface area contributed by atoms with Gasteiger partial charge in [-0.2, -0.15) is 4.72 Å². The van der Waals surface area contributed by atoms with Gasteiger partial charge in [0.15, 0.2) is 11.5 Å². The number of ether oxygens (including phenoxy) is 2. The normalized spacial score (nSPS) is 20.8. The zero-order valence-corrected chi connectivity index (χ0v) is 15.7. The molecule has 27 heavy (non-hydrogen) atoms. The Balaban J connectivity index is 1.75. The SMILES string of the molecule is CC(NS(=O)(=O)c1ccc2c(c1)OCCCO2)C(=O)N1CCCC1C(=O)O. The van der Waals surface area contributed by atoms with Crippen molar-refractivity contribution >= 4 is 21.9 Å². The van der Waals surface area contributed by atoms with Gasteiger partial charge >= 0.3 is 5.97 Å². The number of fused-ring (bicyclic) bond motifs is 1. The highest BCUT2D eigenvalue weighted by molar-refractivity contribution is 7.89. The van der Waals surface area contributed by atoms with Crippen molar-refractivity contribution in [2.75, 3.05) is 19.8 Å². The number of hydrogen-bond acceptors (Lipinski definition) is 6. The molecule has 2 aliphatic rings.